The summed E-state index contributed by atoms with van der Waals surface area (Å²) in [7, 11) is -4.09. The van der Waals surface area contributed by atoms with Crippen molar-refractivity contribution in [3.63, 3.8) is 0 Å². The van der Waals surface area contributed by atoms with E-state index in [0.717, 1.165) is 12.2 Å². The van der Waals surface area contributed by atoms with Crippen LogP contribution in [0.2, 0.25) is 0 Å². The minimum Gasteiger partial charge on any atom is -0.369 e. The molecule has 0 bridgehead atoms. The molecule has 1 heterocycles. The van der Waals surface area contributed by atoms with Gasteiger partial charge < -0.3 is 4.74 Å². The predicted octanol–water partition coefficient (Wildman–Crippen LogP) is 1.35. The van der Waals surface area contributed by atoms with Crippen molar-refractivity contribution in [1.29, 1.82) is 0 Å². The molecule has 1 aromatic rings. The maximum absolute atomic E-state index is 10.7. The SMILES string of the molecule is O=S(=O)(O)c1ccc(C=CC2CO2)cc1. The number of hydrogen-bond acceptors (Lipinski definition) is 3. The molecular weight excluding hydrogens is 216 g/mol. The van der Waals surface area contributed by atoms with Gasteiger partial charge in [0.25, 0.3) is 10.1 Å². The van der Waals surface area contributed by atoms with E-state index in [1.165, 1.54) is 12.1 Å². The van der Waals surface area contributed by atoms with Gasteiger partial charge >= 0.3 is 0 Å². The van der Waals surface area contributed by atoms with E-state index < -0.39 is 10.1 Å². The normalized spacial score (nSPS) is 20.7. The minimum absolute atomic E-state index is 0.0951. The fourth-order valence-electron chi connectivity index (χ4n) is 1.14. The van der Waals surface area contributed by atoms with Crippen molar-refractivity contribution in [2.75, 3.05) is 6.61 Å². The van der Waals surface area contributed by atoms with Gasteiger partial charge in [0.05, 0.1) is 17.6 Å². The van der Waals surface area contributed by atoms with E-state index in [2.05, 4.69) is 0 Å². The maximum Gasteiger partial charge on any atom is 0.294 e. The zero-order chi connectivity index (χ0) is 10.9. The van der Waals surface area contributed by atoms with E-state index in [1.54, 1.807) is 12.1 Å². The molecule has 1 N–H and O–H groups in total. The summed E-state index contributed by atoms with van der Waals surface area (Å²) in [6.45, 7) is 0.750. The summed E-state index contributed by atoms with van der Waals surface area (Å²) in [6.07, 6.45) is 3.96. The second-order valence-corrected chi connectivity index (χ2v) is 4.70. The standard InChI is InChI=1S/C10H10O4S/c11-15(12,13)10-5-2-8(3-6-10)1-4-9-7-14-9/h1-6,9H,7H2,(H,11,12,13). The first-order valence-electron chi connectivity index (χ1n) is 4.43. The van der Waals surface area contributed by atoms with Crippen LogP contribution in [0.1, 0.15) is 5.56 Å². The van der Waals surface area contributed by atoms with Gasteiger partial charge in [0.2, 0.25) is 0 Å². The zero-order valence-corrected chi connectivity index (χ0v) is 8.65. The molecule has 1 fully saturated rings. The lowest BCUT2D eigenvalue weighted by Gasteiger charge is -1.97. The van der Waals surface area contributed by atoms with Crippen LogP contribution in [-0.2, 0) is 14.9 Å². The smallest absolute Gasteiger partial charge is 0.294 e. The Hall–Kier alpha value is -1.17. The van der Waals surface area contributed by atoms with Crippen molar-refractivity contribution in [3.05, 3.63) is 35.9 Å². The first-order chi connectivity index (χ1) is 7.05. The summed E-state index contributed by atoms with van der Waals surface area (Å²) in [5.74, 6) is 0. The van der Waals surface area contributed by atoms with E-state index in [1.807, 2.05) is 12.2 Å². The van der Waals surface area contributed by atoms with Crippen LogP contribution in [0.4, 0.5) is 0 Å². The van der Waals surface area contributed by atoms with Gasteiger partial charge in [-0.2, -0.15) is 8.42 Å². The summed E-state index contributed by atoms with van der Waals surface area (Å²) in [5, 5.41) is 0. The van der Waals surface area contributed by atoms with Crippen molar-refractivity contribution in [3.8, 4) is 0 Å². The molecule has 0 spiro atoms. The van der Waals surface area contributed by atoms with Crippen molar-refractivity contribution < 1.29 is 17.7 Å². The largest absolute Gasteiger partial charge is 0.369 e. The van der Waals surface area contributed by atoms with Crippen LogP contribution in [0.3, 0.4) is 0 Å². The van der Waals surface area contributed by atoms with Crippen LogP contribution in [-0.4, -0.2) is 25.7 Å². The molecule has 0 aliphatic carbocycles. The molecule has 1 aromatic carbocycles. The molecule has 0 saturated carbocycles. The van der Waals surface area contributed by atoms with Gasteiger partial charge in [-0.15, -0.1) is 0 Å². The topological polar surface area (TPSA) is 66.9 Å². The molecule has 80 valence electrons. The third-order valence-electron chi connectivity index (χ3n) is 2.04. The molecule has 1 atom stereocenters. The molecule has 1 aliphatic rings. The van der Waals surface area contributed by atoms with E-state index in [-0.39, 0.29) is 11.0 Å². The Morgan fingerprint density at radius 3 is 2.40 bits per heavy atom. The summed E-state index contributed by atoms with van der Waals surface area (Å²) in [5.41, 5.74) is 0.873. The Labute approximate surface area is 87.9 Å². The molecule has 1 aliphatic heterocycles. The van der Waals surface area contributed by atoms with Gasteiger partial charge in [-0.25, -0.2) is 0 Å². The zero-order valence-electron chi connectivity index (χ0n) is 7.83. The van der Waals surface area contributed by atoms with Crippen LogP contribution in [0.5, 0.6) is 0 Å². The Balaban J connectivity index is 2.16. The molecule has 5 heteroatoms. The monoisotopic (exact) mass is 226 g/mol. The fraction of sp³-hybridized carbons (Fsp3) is 0.200. The highest BCUT2D eigenvalue weighted by molar-refractivity contribution is 7.85. The third-order valence-corrected chi connectivity index (χ3v) is 2.91. The molecule has 0 aromatic heterocycles. The third kappa shape index (κ3) is 2.89. The van der Waals surface area contributed by atoms with E-state index >= 15 is 0 Å². The Kier molecular flexibility index (Phi) is 2.60. The maximum atomic E-state index is 10.7. The highest BCUT2D eigenvalue weighted by Gasteiger charge is 2.17. The summed E-state index contributed by atoms with van der Waals surface area (Å²) in [4.78, 5) is -0.0951. The van der Waals surface area contributed by atoms with Gasteiger partial charge in [-0.1, -0.05) is 24.3 Å². The number of benzene rings is 1. The number of epoxide rings is 1. The van der Waals surface area contributed by atoms with Gasteiger partial charge in [-0.3, -0.25) is 4.55 Å². The lowest BCUT2D eigenvalue weighted by atomic mass is 10.2. The molecule has 0 amide bonds. The average Bonchev–Trinajstić information content (AvgIpc) is 2.97. The Morgan fingerprint density at radius 1 is 1.33 bits per heavy atom. The Bertz CT molecular complexity index is 469. The van der Waals surface area contributed by atoms with Crippen molar-refractivity contribution in [2.24, 2.45) is 0 Å². The van der Waals surface area contributed by atoms with Crippen LogP contribution in [0.25, 0.3) is 6.08 Å². The first kappa shape index (κ1) is 10.4. The van der Waals surface area contributed by atoms with Crippen LogP contribution in [0.15, 0.2) is 35.2 Å². The van der Waals surface area contributed by atoms with E-state index in [9.17, 15) is 8.42 Å². The van der Waals surface area contributed by atoms with E-state index in [0.29, 0.717) is 0 Å². The van der Waals surface area contributed by atoms with Crippen molar-refractivity contribution in [1.82, 2.24) is 0 Å². The van der Waals surface area contributed by atoms with Gasteiger partial charge in [-0.05, 0) is 17.7 Å². The molecule has 2 rings (SSSR count). The van der Waals surface area contributed by atoms with Crippen LogP contribution < -0.4 is 0 Å². The second kappa shape index (κ2) is 3.77. The molecule has 1 saturated heterocycles. The molecule has 4 nitrogen and oxygen atoms in total. The predicted molar refractivity (Wildman–Crippen MR) is 55.0 cm³/mol. The number of hydrogen-bond donors (Lipinski definition) is 1. The Morgan fingerprint density at radius 2 is 1.93 bits per heavy atom. The first-order valence-corrected chi connectivity index (χ1v) is 5.87. The quantitative estimate of drug-likeness (QED) is 0.624. The highest BCUT2D eigenvalue weighted by Crippen LogP contribution is 2.14. The van der Waals surface area contributed by atoms with Crippen molar-refractivity contribution >= 4 is 16.2 Å². The van der Waals surface area contributed by atoms with Gasteiger partial charge in [0.15, 0.2) is 0 Å². The highest BCUT2D eigenvalue weighted by atomic mass is 32.2. The van der Waals surface area contributed by atoms with Crippen LogP contribution >= 0.6 is 0 Å². The fourth-order valence-corrected chi connectivity index (χ4v) is 1.62. The molecule has 0 radical (unpaired) electrons. The lowest BCUT2D eigenvalue weighted by molar-refractivity contribution is 0.440. The molecule has 1 unspecified atom stereocenters. The van der Waals surface area contributed by atoms with E-state index in [4.69, 9.17) is 9.29 Å². The summed E-state index contributed by atoms with van der Waals surface area (Å²) >= 11 is 0. The van der Waals surface area contributed by atoms with Crippen LogP contribution in [0, 0.1) is 0 Å². The average molecular weight is 226 g/mol. The number of rotatable bonds is 3. The molecule has 15 heavy (non-hydrogen) atoms. The second-order valence-electron chi connectivity index (χ2n) is 3.28. The minimum atomic E-state index is -4.09. The number of ether oxygens (including phenoxy) is 1. The summed E-state index contributed by atoms with van der Waals surface area (Å²) < 4.78 is 35.2. The van der Waals surface area contributed by atoms with Gasteiger partial charge in [0, 0.05) is 0 Å². The van der Waals surface area contributed by atoms with Gasteiger partial charge in [0.1, 0.15) is 0 Å². The molecular formula is C10H10O4S. The van der Waals surface area contributed by atoms with Crippen molar-refractivity contribution in [2.45, 2.75) is 11.0 Å². The summed E-state index contributed by atoms with van der Waals surface area (Å²) in [6, 6.07) is 5.98. The lowest BCUT2D eigenvalue weighted by Crippen LogP contribution is -1.97.